The maximum absolute atomic E-state index is 12.3. The minimum absolute atomic E-state index is 0.0267. The fourth-order valence-corrected chi connectivity index (χ4v) is 2.33. The van der Waals surface area contributed by atoms with Gasteiger partial charge in [0.2, 0.25) is 5.88 Å². The number of rotatable bonds is 4. The van der Waals surface area contributed by atoms with E-state index in [0.29, 0.717) is 23.6 Å². The quantitative estimate of drug-likeness (QED) is 0.690. The summed E-state index contributed by atoms with van der Waals surface area (Å²) in [5.41, 5.74) is 1.28. The van der Waals surface area contributed by atoms with Crippen molar-refractivity contribution in [2.75, 3.05) is 6.61 Å². The van der Waals surface area contributed by atoms with E-state index in [1.807, 2.05) is 19.9 Å². The smallest absolute Gasteiger partial charge is 0.344 e. The topological polar surface area (TPSA) is 69.9 Å². The molecule has 0 unspecified atom stereocenters. The Morgan fingerprint density at radius 2 is 2.04 bits per heavy atom. The molecule has 6 nitrogen and oxygen atoms in total. The molecule has 6 heteroatoms. The zero-order valence-electron chi connectivity index (χ0n) is 13.4. The van der Waals surface area contributed by atoms with Crippen LogP contribution in [0.1, 0.15) is 22.8 Å². The summed E-state index contributed by atoms with van der Waals surface area (Å²) in [7, 11) is 0. The first-order chi connectivity index (χ1) is 11.6. The van der Waals surface area contributed by atoms with Crippen LogP contribution in [-0.4, -0.2) is 22.0 Å². The first-order valence-electron chi connectivity index (χ1n) is 7.52. The van der Waals surface area contributed by atoms with Gasteiger partial charge in [-0.3, -0.25) is 9.20 Å². The summed E-state index contributed by atoms with van der Waals surface area (Å²) in [6.07, 6.45) is 1.62. The Hall–Kier alpha value is -3.15. The van der Waals surface area contributed by atoms with Gasteiger partial charge >= 0.3 is 5.97 Å². The Morgan fingerprint density at radius 3 is 2.83 bits per heavy atom. The van der Waals surface area contributed by atoms with Crippen LogP contribution in [0.25, 0.3) is 5.65 Å². The van der Waals surface area contributed by atoms with E-state index >= 15 is 0 Å². The van der Waals surface area contributed by atoms with Gasteiger partial charge in [0.1, 0.15) is 11.4 Å². The lowest BCUT2D eigenvalue weighted by Gasteiger charge is -2.08. The van der Waals surface area contributed by atoms with Crippen LogP contribution in [-0.2, 0) is 0 Å². The largest absolute Gasteiger partial charge is 0.494 e. The molecule has 122 valence electrons. The van der Waals surface area contributed by atoms with Crippen LogP contribution in [0.4, 0.5) is 0 Å². The number of carbonyl (C=O) groups excluding carboxylic acids is 1. The molecule has 1 aromatic carbocycles. The highest BCUT2D eigenvalue weighted by atomic mass is 16.5. The molecule has 0 N–H and O–H groups in total. The van der Waals surface area contributed by atoms with Crippen molar-refractivity contribution in [3.05, 3.63) is 70.1 Å². The Kier molecular flexibility index (Phi) is 4.29. The van der Waals surface area contributed by atoms with Crippen molar-refractivity contribution >= 4 is 11.6 Å². The highest BCUT2D eigenvalue weighted by Gasteiger charge is 2.13. The number of fused-ring (bicyclic) bond motifs is 1. The van der Waals surface area contributed by atoms with Gasteiger partial charge in [0.05, 0.1) is 18.2 Å². The average molecular weight is 324 g/mol. The monoisotopic (exact) mass is 324 g/mol. The molecule has 3 aromatic rings. The maximum atomic E-state index is 12.3. The molecule has 0 aliphatic rings. The lowest BCUT2D eigenvalue weighted by Crippen LogP contribution is -2.17. The van der Waals surface area contributed by atoms with Gasteiger partial charge < -0.3 is 9.47 Å². The average Bonchev–Trinajstić information content (AvgIpc) is 2.56. The molecule has 0 radical (unpaired) electrons. The lowest BCUT2D eigenvalue weighted by molar-refractivity contribution is 0.0727. The molecule has 0 amide bonds. The van der Waals surface area contributed by atoms with Gasteiger partial charge in [0, 0.05) is 6.20 Å². The Bertz CT molecular complexity index is 963. The van der Waals surface area contributed by atoms with E-state index in [1.165, 1.54) is 10.5 Å². The molecule has 2 aromatic heterocycles. The molecule has 0 saturated carbocycles. The van der Waals surface area contributed by atoms with Gasteiger partial charge in [-0.05, 0) is 43.7 Å². The highest BCUT2D eigenvalue weighted by molar-refractivity contribution is 5.91. The fourth-order valence-electron chi connectivity index (χ4n) is 2.33. The van der Waals surface area contributed by atoms with Crippen LogP contribution in [0.15, 0.2) is 53.5 Å². The van der Waals surface area contributed by atoms with E-state index in [4.69, 9.17) is 9.47 Å². The van der Waals surface area contributed by atoms with Gasteiger partial charge in [-0.25, -0.2) is 4.79 Å². The summed E-state index contributed by atoms with van der Waals surface area (Å²) < 4.78 is 12.0. The van der Waals surface area contributed by atoms with Gasteiger partial charge in [-0.2, -0.15) is 4.98 Å². The summed E-state index contributed by atoms with van der Waals surface area (Å²) in [6, 6.07) is 11.4. The third-order valence-electron chi connectivity index (χ3n) is 3.44. The Labute approximate surface area is 138 Å². The first-order valence-corrected chi connectivity index (χ1v) is 7.52. The molecule has 0 saturated heterocycles. The highest BCUT2D eigenvalue weighted by Crippen LogP contribution is 2.16. The standard InChI is InChI=1S/C18H16N2O4/c1-3-23-14-8-4-7-13(10-14)18(22)24-15-11-16(21)20-9-5-6-12(2)17(20)19-15/h4-11H,3H2,1-2H3. The number of hydrogen-bond acceptors (Lipinski definition) is 5. The van der Waals surface area contributed by atoms with Crippen LogP contribution >= 0.6 is 0 Å². The van der Waals surface area contributed by atoms with Crippen molar-refractivity contribution in [2.45, 2.75) is 13.8 Å². The molecular formula is C18H16N2O4. The number of aromatic nitrogens is 2. The number of aryl methyl sites for hydroxylation is 1. The number of benzene rings is 1. The number of hydrogen-bond donors (Lipinski definition) is 0. The van der Waals surface area contributed by atoms with Crippen LogP contribution in [0.5, 0.6) is 11.6 Å². The molecule has 3 rings (SSSR count). The second-order valence-corrected chi connectivity index (χ2v) is 5.17. The van der Waals surface area contributed by atoms with Gasteiger partial charge in [-0.1, -0.05) is 12.1 Å². The zero-order valence-corrected chi connectivity index (χ0v) is 13.4. The van der Waals surface area contributed by atoms with Crippen molar-refractivity contribution in [1.82, 2.24) is 9.38 Å². The summed E-state index contributed by atoms with van der Waals surface area (Å²) in [6.45, 7) is 4.19. The maximum Gasteiger partial charge on any atom is 0.344 e. The molecule has 0 fully saturated rings. The first kappa shape index (κ1) is 15.7. The van der Waals surface area contributed by atoms with Gasteiger partial charge in [0.25, 0.3) is 5.56 Å². The molecule has 0 aliphatic carbocycles. The van der Waals surface area contributed by atoms with Crippen LogP contribution in [0, 0.1) is 6.92 Å². The summed E-state index contributed by atoms with van der Waals surface area (Å²) in [5, 5.41) is 0. The predicted molar refractivity (Wildman–Crippen MR) is 88.8 cm³/mol. The summed E-state index contributed by atoms with van der Waals surface area (Å²) >= 11 is 0. The van der Waals surface area contributed by atoms with Crippen molar-refractivity contribution < 1.29 is 14.3 Å². The van der Waals surface area contributed by atoms with E-state index in [0.717, 1.165) is 5.56 Å². The van der Waals surface area contributed by atoms with Crippen LogP contribution < -0.4 is 15.0 Å². The zero-order chi connectivity index (χ0) is 17.1. The van der Waals surface area contributed by atoms with Crippen LogP contribution in [0.2, 0.25) is 0 Å². The van der Waals surface area contributed by atoms with Crippen molar-refractivity contribution in [3.8, 4) is 11.6 Å². The number of carbonyl (C=O) groups is 1. The summed E-state index contributed by atoms with van der Waals surface area (Å²) in [4.78, 5) is 28.6. The second kappa shape index (κ2) is 6.54. The Morgan fingerprint density at radius 1 is 1.21 bits per heavy atom. The predicted octanol–water partition coefficient (Wildman–Crippen LogP) is 2.62. The molecule has 0 bridgehead atoms. The Balaban J connectivity index is 1.92. The third kappa shape index (κ3) is 3.12. The second-order valence-electron chi connectivity index (χ2n) is 5.17. The van der Waals surface area contributed by atoms with Crippen molar-refractivity contribution in [1.29, 1.82) is 0 Å². The minimum Gasteiger partial charge on any atom is -0.494 e. The SMILES string of the molecule is CCOc1cccc(C(=O)Oc2cc(=O)n3cccc(C)c3n2)c1. The number of nitrogens with zero attached hydrogens (tertiary/aromatic N) is 2. The van der Waals surface area contributed by atoms with Gasteiger partial charge in [-0.15, -0.1) is 0 Å². The van der Waals surface area contributed by atoms with Gasteiger partial charge in [0.15, 0.2) is 0 Å². The number of ether oxygens (including phenoxy) is 2. The molecule has 24 heavy (non-hydrogen) atoms. The van der Waals surface area contributed by atoms with Crippen molar-refractivity contribution in [3.63, 3.8) is 0 Å². The minimum atomic E-state index is -0.596. The van der Waals surface area contributed by atoms with E-state index < -0.39 is 5.97 Å². The summed E-state index contributed by atoms with van der Waals surface area (Å²) in [5.74, 6) is -0.0446. The molecule has 0 atom stereocenters. The van der Waals surface area contributed by atoms with E-state index in [2.05, 4.69) is 4.98 Å². The normalized spacial score (nSPS) is 10.6. The lowest BCUT2D eigenvalue weighted by atomic mass is 10.2. The van der Waals surface area contributed by atoms with E-state index in [9.17, 15) is 9.59 Å². The molecular weight excluding hydrogens is 308 g/mol. The molecule has 0 aliphatic heterocycles. The van der Waals surface area contributed by atoms with Crippen LogP contribution in [0.3, 0.4) is 0 Å². The fraction of sp³-hybridized carbons (Fsp3) is 0.167. The molecule has 0 spiro atoms. The van der Waals surface area contributed by atoms with E-state index in [1.54, 1.807) is 36.5 Å². The van der Waals surface area contributed by atoms with Crippen molar-refractivity contribution in [2.24, 2.45) is 0 Å². The number of esters is 1. The molecule has 2 heterocycles. The number of pyridine rings is 1. The van der Waals surface area contributed by atoms with E-state index in [-0.39, 0.29) is 11.4 Å². The third-order valence-corrected chi connectivity index (χ3v) is 3.44.